The number of nitrogens with zero attached hydrogens (tertiary/aromatic N) is 1. The molecule has 1 heterocycles. The highest BCUT2D eigenvalue weighted by Crippen LogP contribution is 2.19. The molecule has 0 aliphatic heterocycles. The van der Waals surface area contributed by atoms with E-state index in [9.17, 15) is 0 Å². The molecule has 0 N–H and O–H groups in total. The Bertz CT molecular complexity index is 452. The largest absolute Gasteiger partial charge is 0.256 e. The molecule has 0 unspecified atom stereocenters. The van der Waals surface area contributed by atoms with Crippen LogP contribution >= 0.6 is 0 Å². The Morgan fingerprint density at radius 1 is 1.20 bits per heavy atom. The molecule has 0 radical (unpaired) electrons. The van der Waals surface area contributed by atoms with Crippen molar-refractivity contribution in [3.63, 3.8) is 0 Å². The number of rotatable bonds is 0. The summed E-state index contributed by atoms with van der Waals surface area (Å²) in [7, 11) is 0. The zero-order valence-corrected chi connectivity index (χ0v) is 9.99. The summed E-state index contributed by atoms with van der Waals surface area (Å²) >= 11 is 0. The molecule has 1 heteroatoms. The normalized spacial score (nSPS) is 16.0. The molecule has 15 heavy (non-hydrogen) atoms. The van der Waals surface area contributed by atoms with Crippen LogP contribution in [0.1, 0.15) is 27.7 Å². The van der Waals surface area contributed by atoms with Crippen molar-refractivity contribution < 1.29 is 0 Å². The molecule has 2 rings (SSSR count). The smallest absolute Gasteiger partial charge is 0.0698 e. The molecule has 0 bridgehead atoms. The highest BCUT2D eigenvalue weighted by Gasteiger charge is 2.09. The highest BCUT2D eigenvalue weighted by molar-refractivity contribution is 5.46. The fourth-order valence-electron chi connectivity index (χ4n) is 1.53. The van der Waals surface area contributed by atoms with E-state index in [1.807, 2.05) is 26.1 Å². The van der Waals surface area contributed by atoms with E-state index in [-0.39, 0.29) is 5.41 Å². The van der Waals surface area contributed by atoms with Crippen LogP contribution < -0.4 is 10.6 Å². The molecule has 0 saturated heterocycles. The molecular weight excluding hydrogens is 182 g/mol. The van der Waals surface area contributed by atoms with Gasteiger partial charge in [0.2, 0.25) is 0 Å². The lowest BCUT2D eigenvalue weighted by atomic mass is 9.92. The zero-order chi connectivity index (χ0) is 11.3. The molecule has 1 aliphatic rings. The zero-order valence-electron chi connectivity index (χ0n) is 9.99. The Morgan fingerprint density at radius 2 is 1.93 bits per heavy atom. The summed E-state index contributed by atoms with van der Waals surface area (Å²) in [5, 5.41) is 2.28. The number of hydrogen-bond donors (Lipinski definition) is 0. The quantitative estimate of drug-likeness (QED) is 0.627. The van der Waals surface area contributed by atoms with Gasteiger partial charge in [0.1, 0.15) is 0 Å². The standard InChI is InChI=1S/C12H13N.C2H6/c1-12(2)7-3-6-11-10(9-12)5-4-8-13-11;1-2/h3-9H,1-2H3;1-2H3. The van der Waals surface area contributed by atoms with E-state index in [0.717, 1.165) is 5.35 Å². The number of hydrogen-bond acceptors (Lipinski definition) is 1. The minimum Gasteiger partial charge on any atom is -0.256 e. The maximum atomic E-state index is 4.31. The molecule has 0 saturated carbocycles. The lowest BCUT2D eigenvalue weighted by Gasteiger charge is -2.12. The van der Waals surface area contributed by atoms with E-state index in [0.29, 0.717) is 0 Å². The number of allylic oxidation sites excluding steroid dienone is 2. The van der Waals surface area contributed by atoms with Crippen molar-refractivity contribution in [2.24, 2.45) is 5.41 Å². The maximum Gasteiger partial charge on any atom is 0.0698 e. The number of aromatic nitrogens is 1. The topological polar surface area (TPSA) is 12.9 Å². The molecule has 1 nitrogen and oxygen atoms in total. The molecule has 1 aliphatic carbocycles. The summed E-state index contributed by atoms with van der Waals surface area (Å²) in [5.41, 5.74) is 0.130. The van der Waals surface area contributed by atoms with E-state index in [1.54, 1.807) is 0 Å². The van der Waals surface area contributed by atoms with Crippen LogP contribution in [0.5, 0.6) is 0 Å². The summed E-state index contributed by atoms with van der Waals surface area (Å²) in [5.74, 6) is 0. The van der Waals surface area contributed by atoms with Crippen molar-refractivity contribution in [2.45, 2.75) is 27.7 Å². The second kappa shape index (κ2) is 4.92. The van der Waals surface area contributed by atoms with Crippen molar-refractivity contribution >= 4 is 12.2 Å². The first-order chi connectivity index (χ1) is 7.17. The molecular formula is C14H19N. The number of pyridine rings is 1. The SMILES string of the molecule is CC.CC1(C)C=CC=c2ncccc2=C1. The predicted octanol–water partition coefficient (Wildman–Crippen LogP) is 2.26. The van der Waals surface area contributed by atoms with E-state index in [4.69, 9.17) is 0 Å². The Kier molecular flexibility index (Phi) is 3.84. The Morgan fingerprint density at radius 3 is 2.67 bits per heavy atom. The van der Waals surface area contributed by atoms with Gasteiger partial charge in [0.05, 0.1) is 5.35 Å². The van der Waals surface area contributed by atoms with Gasteiger partial charge in [-0.2, -0.15) is 0 Å². The van der Waals surface area contributed by atoms with E-state index in [1.165, 1.54) is 5.22 Å². The van der Waals surface area contributed by atoms with Gasteiger partial charge in [-0.1, -0.05) is 52.0 Å². The van der Waals surface area contributed by atoms with Crippen LogP contribution in [0.25, 0.3) is 12.2 Å². The van der Waals surface area contributed by atoms with Crippen molar-refractivity contribution in [3.05, 3.63) is 41.0 Å². The summed E-state index contributed by atoms with van der Waals surface area (Å²) in [6.45, 7) is 8.39. The molecule has 0 aromatic carbocycles. The average Bonchev–Trinajstić information content (AvgIpc) is 2.37. The van der Waals surface area contributed by atoms with Crippen LogP contribution in [0.15, 0.2) is 30.5 Å². The predicted molar refractivity (Wildman–Crippen MR) is 66.7 cm³/mol. The van der Waals surface area contributed by atoms with Crippen molar-refractivity contribution in [1.29, 1.82) is 0 Å². The first kappa shape index (κ1) is 11.7. The second-order valence-corrected chi connectivity index (χ2v) is 3.97. The van der Waals surface area contributed by atoms with Gasteiger partial charge >= 0.3 is 0 Å². The minimum atomic E-state index is 0.130. The van der Waals surface area contributed by atoms with Crippen LogP contribution in [-0.2, 0) is 0 Å². The molecule has 1 aromatic rings. The van der Waals surface area contributed by atoms with Gasteiger partial charge in [-0.05, 0) is 17.4 Å². The first-order valence-corrected chi connectivity index (χ1v) is 5.51. The van der Waals surface area contributed by atoms with Gasteiger partial charge in [0.15, 0.2) is 0 Å². The average molecular weight is 201 g/mol. The summed E-state index contributed by atoms with van der Waals surface area (Å²) in [4.78, 5) is 4.31. The molecule has 0 atom stereocenters. The van der Waals surface area contributed by atoms with Crippen LogP contribution in [-0.4, -0.2) is 4.98 Å². The molecule has 0 amide bonds. The first-order valence-electron chi connectivity index (χ1n) is 5.51. The van der Waals surface area contributed by atoms with Crippen LogP contribution in [0, 0.1) is 5.41 Å². The Labute approximate surface area is 91.9 Å². The highest BCUT2D eigenvalue weighted by atomic mass is 14.6. The van der Waals surface area contributed by atoms with Crippen molar-refractivity contribution in [3.8, 4) is 0 Å². The van der Waals surface area contributed by atoms with Gasteiger partial charge < -0.3 is 0 Å². The Balaban J connectivity index is 0.000000531. The Hall–Kier alpha value is -1.37. The van der Waals surface area contributed by atoms with Crippen molar-refractivity contribution in [2.75, 3.05) is 0 Å². The summed E-state index contributed by atoms with van der Waals surface area (Å²) in [6.07, 6.45) is 10.4. The van der Waals surface area contributed by atoms with Crippen molar-refractivity contribution in [1.82, 2.24) is 4.98 Å². The maximum absolute atomic E-state index is 4.31. The second-order valence-electron chi connectivity index (χ2n) is 3.97. The van der Waals surface area contributed by atoms with Gasteiger partial charge in [0, 0.05) is 11.6 Å². The molecule has 80 valence electrons. The molecule has 0 spiro atoms. The fourth-order valence-corrected chi connectivity index (χ4v) is 1.53. The van der Waals surface area contributed by atoms with Gasteiger partial charge in [-0.3, -0.25) is 4.98 Å². The summed E-state index contributed by atoms with van der Waals surface area (Å²) in [6, 6.07) is 4.08. The minimum absolute atomic E-state index is 0.130. The third-order valence-electron chi connectivity index (χ3n) is 2.18. The van der Waals surface area contributed by atoms with Crippen LogP contribution in [0.4, 0.5) is 0 Å². The summed E-state index contributed by atoms with van der Waals surface area (Å²) < 4.78 is 0. The molecule has 0 fully saturated rings. The fraction of sp³-hybridized carbons (Fsp3) is 0.357. The number of fused-ring (bicyclic) bond motifs is 1. The molecule has 1 aromatic heterocycles. The van der Waals surface area contributed by atoms with Crippen LogP contribution in [0.2, 0.25) is 0 Å². The van der Waals surface area contributed by atoms with E-state index >= 15 is 0 Å². The lowest BCUT2D eigenvalue weighted by Crippen LogP contribution is -2.28. The van der Waals surface area contributed by atoms with Gasteiger partial charge in [-0.15, -0.1) is 0 Å². The van der Waals surface area contributed by atoms with E-state index < -0.39 is 0 Å². The lowest BCUT2D eigenvalue weighted by molar-refractivity contribution is 0.670. The monoisotopic (exact) mass is 201 g/mol. The van der Waals surface area contributed by atoms with Gasteiger partial charge in [0.25, 0.3) is 0 Å². The van der Waals surface area contributed by atoms with Crippen LogP contribution in [0.3, 0.4) is 0 Å². The third kappa shape index (κ3) is 3.05. The third-order valence-corrected chi connectivity index (χ3v) is 2.18. The van der Waals surface area contributed by atoms with Gasteiger partial charge in [-0.25, -0.2) is 0 Å². The van der Waals surface area contributed by atoms with E-state index in [2.05, 4.69) is 49.2 Å².